The van der Waals surface area contributed by atoms with Crippen LogP contribution >= 0.6 is 0 Å². The maximum atomic E-state index is 13.1. The Bertz CT molecular complexity index is 567. The molecular formula is C15H19FN4O. The highest BCUT2D eigenvalue weighted by molar-refractivity contribution is 5.47. The summed E-state index contributed by atoms with van der Waals surface area (Å²) in [6.45, 7) is 3.60. The third-order valence-electron chi connectivity index (χ3n) is 2.77. The Morgan fingerprint density at radius 3 is 2.57 bits per heavy atom. The number of rotatable bonds is 7. The van der Waals surface area contributed by atoms with Crippen molar-refractivity contribution in [2.24, 2.45) is 0 Å². The summed E-state index contributed by atoms with van der Waals surface area (Å²) >= 11 is 0. The summed E-state index contributed by atoms with van der Waals surface area (Å²) in [6, 6.07) is 8.29. The predicted molar refractivity (Wildman–Crippen MR) is 80.6 cm³/mol. The average molecular weight is 290 g/mol. The number of nitrogens with zero attached hydrogens (tertiary/aromatic N) is 2. The summed E-state index contributed by atoms with van der Waals surface area (Å²) in [5.41, 5.74) is 0.854. The molecule has 0 saturated heterocycles. The molecule has 21 heavy (non-hydrogen) atoms. The van der Waals surface area contributed by atoms with Crippen LogP contribution in [0.2, 0.25) is 0 Å². The molecular weight excluding hydrogens is 271 g/mol. The number of hydrogen-bond acceptors (Lipinski definition) is 5. The number of aromatic nitrogens is 2. The van der Waals surface area contributed by atoms with Gasteiger partial charge in [-0.3, -0.25) is 0 Å². The Balaban J connectivity index is 2.10. The number of halogens is 1. The zero-order chi connectivity index (χ0) is 15.1. The van der Waals surface area contributed by atoms with Gasteiger partial charge in [0.15, 0.2) is 5.82 Å². The molecule has 0 atom stereocenters. The second kappa shape index (κ2) is 7.54. The average Bonchev–Trinajstić information content (AvgIpc) is 2.46. The summed E-state index contributed by atoms with van der Waals surface area (Å²) in [5.74, 6) is 1.77. The molecule has 0 aliphatic rings. The highest BCUT2D eigenvalue weighted by atomic mass is 19.1. The third kappa shape index (κ3) is 4.68. The van der Waals surface area contributed by atoms with Gasteiger partial charge in [-0.25, -0.2) is 14.4 Å². The molecule has 1 aromatic heterocycles. The van der Waals surface area contributed by atoms with Gasteiger partial charge in [0, 0.05) is 26.3 Å². The fourth-order valence-corrected chi connectivity index (χ4v) is 1.89. The molecule has 112 valence electrons. The molecule has 2 N–H and O–H groups in total. The van der Waals surface area contributed by atoms with E-state index in [1.54, 1.807) is 13.2 Å². The lowest BCUT2D eigenvalue weighted by Gasteiger charge is -2.10. The van der Waals surface area contributed by atoms with E-state index in [-0.39, 0.29) is 5.82 Å². The maximum Gasteiger partial charge on any atom is 0.158 e. The van der Waals surface area contributed by atoms with Gasteiger partial charge >= 0.3 is 0 Å². The molecule has 0 saturated carbocycles. The molecule has 1 aromatic carbocycles. The molecule has 0 amide bonds. The molecule has 6 heteroatoms. The fraction of sp³-hybridized carbons (Fsp3) is 0.333. The van der Waals surface area contributed by atoms with Crippen molar-refractivity contribution in [1.82, 2.24) is 9.97 Å². The summed E-state index contributed by atoms with van der Waals surface area (Å²) < 4.78 is 18.2. The van der Waals surface area contributed by atoms with Crippen molar-refractivity contribution in [1.29, 1.82) is 0 Å². The molecule has 0 radical (unpaired) electrons. The second-order valence-electron chi connectivity index (χ2n) is 4.50. The van der Waals surface area contributed by atoms with Crippen LogP contribution in [0.25, 0.3) is 0 Å². The largest absolute Gasteiger partial charge is 0.377 e. The molecule has 0 spiro atoms. The highest BCUT2D eigenvalue weighted by Gasteiger charge is 2.04. The number of anilines is 2. The van der Waals surface area contributed by atoms with Gasteiger partial charge in [-0.2, -0.15) is 0 Å². The van der Waals surface area contributed by atoms with Gasteiger partial charge in [-0.05, 0) is 24.6 Å². The number of methoxy groups -OCH3 is 1. The lowest BCUT2D eigenvalue weighted by atomic mass is 10.2. The van der Waals surface area contributed by atoms with Crippen LogP contribution in [-0.2, 0) is 17.9 Å². The second-order valence-corrected chi connectivity index (χ2v) is 4.50. The summed E-state index contributed by atoms with van der Waals surface area (Å²) in [4.78, 5) is 8.70. The van der Waals surface area contributed by atoms with E-state index in [4.69, 9.17) is 4.74 Å². The summed E-state index contributed by atoms with van der Waals surface area (Å²) in [7, 11) is 1.60. The Hall–Kier alpha value is -2.21. The van der Waals surface area contributed by atoms with Crippen molar-refractivity contribution in [3.05, 3.63) is 47.5 Å². The smallest absolute Gasteiger partial charge is 0.158 e. The Labute approximate surface area is 123 Å². The predicted octanol–water partition coefficient (Wildman–Crippen LogP) is 2.81. The van der Waals surface area contributed by atoms with E-state index in [1.165, 1.54) is 12.1 Å². The van der Waals surface area contributed by atoms with Gasteiger partial charge in [0.05, 0.1) is 0 Å². The first kappa shape index (κ1) is 15.2. The number of benzene rings is 1. The lowest BCUT2D eigenvalue weighted by molar-refractivity contribution is 0.178. The van der Waals surface area contributed by atoms with Crippen LogP contribution in [0.15, 0.2) is 30.3 Å². The quantitative estimate of drug-likeness (QED) is 0.821. The molecule has 0 aliphatic heterocycles. The molecule has 5 nitrogen and oxygen atoms in total. The van der Waals surface area contributed by atoms with Crippen LogP contribution in [-0.4, -0.2) is 23.6 Å². The first-order chi connectivity index (χ1) is 10.2. The van der Waals surface area contributed by atoms with E-state index in [9.17, 15) is 4.39 Å². The van der Waals surface area contributed by atoms with Crippen molar-refractivity contribution < 1.29 is 9.13 Å². The van der Waals surface area contributed by atoms with Gasteiger partial charge in [0.1, 0.15) is 24.1 Å². The zero-order valence-corrected chi connectivity index (χ0v) is 12.2. The minimum Gasteiger partial charge on any atom is -0.377 e. The molecule has 2 rings (SSSR count). The van der Waals surface area contributed by atoms with Gasteiger partial charge in [0.25, 0.3) is 0 Å². The van der Waals surface area contributed by atoms with Crippen molar-refractivity contribution in [2.45, 2.75) is 20.1 Å². The van der Waals surface area contributed by atoms with Crippen molar-refractivity contribution >= 4 is 11.6 Å². The summed E-state index contributed by atoms with van der Waals surface area (Å²) in [6.07, 6.45) is 0. The van der Waals surface area contributed by atoms with E-state index in [2.05, 4.69) is 20.6 Å². The van der Waals surface area contributed by atoms with Gasteiger partial charge in [0.2, 0.25) is 0 Å². The van der Waals surface area contributed by atoms with Crippen molar-refractivity contribution in [3.8, 4) is 0 Å². The number of hydrogen-bond donors (Lipinski definition) is 2. The van der Waals surface area contributed by atoms with Gasteiger partial charge in [-0.15, -0.1) is 0 Å². The minimum atomic E-state index is -0.245. The summed E-state index contributed by atoms with van der Waals surface area (Å²) in [5, 5.41) is 6.32. The highest BCUT2D eigenvalue weighted by Crippen LogP contribution is 2.13. The Kier molecular flexibility index (Phi) is 5.45. The van der Waals surface area contributed by atoms with Crippen LogP contribution in [0.1, 0.15) is 18.3 Å². The minimum absolute atomic E-state index is 0.245. The van der Waals surface area contributed by atoms with E-state index in [1.807, 2.05) is 19.1 Å². The SMILES string of the molecule is CCNc1cc(NCc2cccc(F)c2)nc(COC)n1. The normalized spacial score (nSPS) is 10.4. The first-order valence-electron chi connectivity index (χ1n) is 6.80. The van der Waals surface area contributed by atoms with Crippen molar-refractivity contribution in [3.63, 3.8) is 0 Å². The molecule has 0 bridgehead atoms. The monoisotopic (exact) mass is 290 g/mol. The molecule has 0 fully saturated rings. The maximum absolute atomic E-state index is 13.1. The van der Waals surface area contributed by atoms with Gasteiger partial charge < -0.3 is 15.4 Å². The first-order valence-corrected chi connectivity index (χ1v) is 6.80. The fourth-order valence-electron chi connectivity index (χ4n) is 1.89. The third-order valence-corrected chi connectivity index (χ3v) is 2.77. The van der Waals surface area contributed by atoms with Gasteiger partial charge in [-0.1, -0.05) is 12.1 Å². The number of ether oxygens (including phenoxy) is 1. The van der Waals surface area contributed by atoms with Crippen LogP contribution < -0.4 is 10.6 Å². The molecule has 2 aromatic rings. The van der Waals surface area contributed by atoms with E-state index in [0.29, 0.717) is 24.8 Å². The van der Waals surface area contributed by atoms with Crippen LogP contribution in [0, 0.1) is 5.82 Å². The molecule has 0 aliphatic carbocycles. The van der Waals surface area contributed by atoms with Crippen molar-refractivity contribution in [2.75, 3.05) is 24.3 Å². The van der Waals surface area contributed by atoms with E-state index < -0.39 is 0 Å². The Morgan fingerprint density at radius 2 is 1.90 bits per heavy atom. The molecule has 1 heterocycles. The standard InChI is InChI=1S/C15H19FN4O/c1-3-17-13-8-14(20-15(19-13)10-21-2)18-9-11-5-4-6-12(16)7-11/h4-8H,3,9-10H2,1-2H3,(H2,17,18,19,20). The van der Waals surface area contributed by atoms with Crippen LogP contribution in [0.4, 0.5) is 16.0 Å². The number of nitrogens with one attached hydrogen (secondary N) is 2. The van der Waals surface area contributed by atoms with Crippen LogP contribution in [0.5, 0.6) is 0 Å². The van der Waals surface area contributed by atoms with E-state index >= 15 is 0 Å². The van der Waals surface area contributed by atoms with E-state index in [0.717, 1.165) is 17.9 Å². The zero-order valence-electron chi connectivity index (χ0n) is 12.2. The Morgan fingerprint density at radius 1 is 1.14 bits per heavy atom. The van der Waals surface area contributed by atoms with Crippen LogP contribution in [0.3, 0.4) is 0 Å². The lowest BCUT2D eigenvalue weighted by Crippen LogP contribution is -2.08. The topological polar surface area (TPSA) is 59.1 Å². The molecule has 0 unspecified atom stereocenters.